The van der Waals surface area contributed by atoms with E-state index in [1.54, 1.807) is 0 Å². The van der Waals surface area contributed by atoms with E-state index in [0.717, 1.165) is 0 Å². The molecule has 2 unspecified atom stereocenters. The zero-order valence-corrected chi connectivity index (χ0v) is 9.35. The lowest BCUT2D eigenvalue weighted by molar-refractivity contribution is -0.141. The fraction of sp³-hybridized carbons (Fsp3) is 0.700. The molecule has 7 heteroatoms. The van der Waals surface area contributed by atoms with Crippen molar-refractivity contribution in [3.8, 4) is 0 Å². The van der Waals surface area contributed by atoms with Crippen molar-refractivity contribution >= 4 is 17.7 Å². The first-order valence-corrected chi connectivity index (χ1v) is 5.61. The third-order valence-corrected chi connectivity index (χ3v) is 3.08. The number of amides is 3. The molecule has 2 aliphatic rings. The van der Waals surface area contributed by atoms with Gasteiger partial charge in [0, 0.05) is 12.8 Å². The van der Waals surface area contributed by atoms with Crippen LogP contribution in [0.2, 0.25) is 0 Å². The van der Waals surface area contributed by atoms with E-state index in [4.69, 9.17) is 10.6 Å². The van der Waals surface area contributed by atoms with Crippen LogP contribution in [0.15, 0.2) is 0 Å². The number of nitrogens with zero attached hydrogens (tertiary/aromatic N) is 1. The maximum atomic E-state index is 11.4. The number of carbonyl (C=O) groups is 3. The van der Waals surface area contributed by atoms with Crippen LogP contribution in [0.5, 0.6) is 0 Å². The SMILES string of the molecule is NNC(=O)C1CCC(CN2C(=O)CCC2=O)O1. The van der Waals surface area contributed by atoms with Gasteiger partial charge in [0.15, 0.2) is 0 Å². The van der Waals surface area contributed by atoms with Crippen LogP contribution in [-0.4, -0.2) is 41.4 Å². The summed E-state index contributed by atoms with van der Waals surface area (Å²) < 4.78 is 5.43. The van der Waals surface area contributed by atoms with Gasteiger partial charge in [-0.3, -0.25) is 24.7 Å². The minimum absolute atomic E-state index is 0.162. The van der Waals surface area contributed by atoms with Gasteiger partial charge in [0.05, 0.1) is 12.6 Å². The highest BCUT2D eigenvalue weighted by atomic mass is 16.5. The molecule has 0 bridgehead atoms. The molecular formula is C10H15N3O4. The predicted octanol–water partition coefficient (Wildman–Crippen LogP) is -1.33. The maximum Gasteiger partial charge on any atom is 0.263 e. The molecule has 0 aromatic rings. The molecule has 0 aromatic carbocycles. The highest BCUT2D eigenvalue weighted by Gasteiger charge is 2.36. The van der Waals surface area contributed by atoms with Gasteiger partial charge in [-0.15, -0.1) is 0 Å². The summed E-state index contributed by atoms with van der Waals surface area (Å²) >= 11 is 0. The number of rotatable bonds is 3. The normalized spacial score (nSPS) is 28.9. The van der Waals surface area contributed by atoms with Crippen LogP contribution < -0.4 is 11.3 Å². The summed E-state index contributed by atoms with van der Waals surface area (Å²) in [5.41, 5.74) is 2.03. The number of ether oxygens (including phenoxy) is 1. The molecule has 94 valence electrons. The molecule has 3 N–H and O–H groups in total. The smallest absolute Gasteiger partial charge is 0.263 e. The average Bonchev–Trinajstić information content (AvgIpc) is 2.90. The molecule has 0 radical (unpaired) electrons. The Morgan fingerprint density at radius 3 is 2.59 bits per heavy atom. The van der Waals surface area contributed by atoms with Crippen molar-refractivity contribution in [3.63, 3.8) is 0 Å². The zero-order chi connectivity index (χ0) is 12.4. The molecule has 7 nitrogen and oxygen atoms in total. The van der Waals surface area contributed by atoms with Crippen molar-refractivity contribution in [2.45, 2.75) is 37.9 Å². The van der Waals surface area contributed by atoms with E-state index in [2.05, 4.69) is 0 Å². The molecule has 2 aliphatic heterocycles. The Balaban J connectivity index is 1.87. The summed E-state index contributed by atoms with van der Waals surface area (Å²) in [6.07, 6.45) is 0.927. The van der Waals surface area contributed by atoms with Gasteiger partial charge in [0.1, 0.15) is 6.10 Å². The molecule has 2 atom stereocenters. The minimum atomic E-state index is -0.571. The summed E-state index contributed by atoms with van der Waals surface area (Å²) in [6.45, 7) is 0.242. The lowest BCUT2D eigenvalue weighted by atomic mass is 10.2. The fourth-order valence-electron chi connectivity index (χ4n) is 2.16. The van der Waals surface area contributed by atoms with Crippen LogP contribution in [0.25, 0.3) is 0 Å². The van der Waals surface area contributed by atoms with Crippen molar-refractivity contribution in [2.75, 3.05) is 6.54 Å². The molecule has 2 saturated heterocycles. The summed E-state index contributed by atoms with van der Waals surface area (Å²) in [7, 11) is 0. The summed E-state index contributed by atoms with van der Waals surface area (Å²) in [5.74, 6) is 4.31. The van der Waals surface area contributed by atoms with Gasteiger partial charge in [-0.2, -0.15) is 0 Å². The van der Waals surface area contributed by atoms with E-state index in [-0.39, 0.29) is 43.2 Å². The molecule has 2 rings (SSSR count). The van der Waals surface area contributed by atoms with Crippen LogP contribution in [0.1, 0.15) is 25.7 Å². The Bertz CT molecular complexity index is 341. The van der Waals surface area contributed by atoms with Gasteiger partial charge in [-0.25, -0.2) is 5.84 Å². The lowest BCUT2D eigenvalue weighted by Gasteiger charge is -2.19. The number of carbonyl (C=O) groups excluding carboxylic acids is 3. The summed E-state index contributed by atoms with van der Waals surface area (Å²) in [5, 5.41) is 0. The number of nitrogens with two attached hydrogens (primary N) is 1. The summed E-state index contributed by atoms with van der Waals surface area (Å²) in [6, 6.07) is 0. The van der Waals surface area contributed by atoms with Crippen LogP contribution in [0, 0.1) is 0 Å². The molecule has 0 aromatic heterocycles. The monoisotopic (exact) mass is 241 g/mol. The maximum absolute atomic E-state index is 11.4. The van der Waals surface area contributed by atoms with Crippen LogP contribution >= 0.6 is 0 Å². The predicted molar refractivity (Wildman–Crippen MR) is 56.2 cm³/mol. The Labute approximate surface area is 98.2 Å². The fourth-order valence-corrected chi connectivity index (χ4v) is 2.16. The summed E-state index contributed by atoms with van der Waals surface area (Å²) in [4.78, 5) is 35.2. The molecule has 17 heavy (non-hydrogen) atoms. The largest absolute Gasteiger partial charge is 0.363 e. The molecule has 0 aliphatic carbocycles. The quantitative estimate of drug-likeness (QED) is 0.276. The van der Waals surface area contributed by atoms with E-state index < -0.39 is 6.10 Å². The van der Waals surface area contributed by atoms with E-state index in [9.17, 15) is 14.4 Å². The topological polar surface area (TPSA) is 102 Å². The number of hydrogen-bond donors (Lipinski definition) is 2. The van der Waals surface area contributed by atoms with Crippen molar-refractivity contribution in [1.29, 1.82) is 0 Å². The second kappa shape index (κ2) is 4.80. The molecular weight excluding hydrogens is 226 g/mol. The Kier molecular flexibility index (Phi) is 3.39. The molecule has 0 saturated carbocycles. The number of hydrogen-bond acceptors (Lipinski definition) is 5. The average molecular weight is 241 g/mol. The lowest BCUT2D eigenvalue weighted by Crippen LogP contribution is -2.41. The third-order valence-electron chi connectivity index (χ3n) is 3.08. The van der Waals surface area contributed by atoms with E-state index >= 15 is 0 Å². The third kappa shape index (κ3) is 2.45. The first-order valence-electron chi connectivity index (χ1n) is 5.61. The van der Waals surface area contributed by atoms with E-state index in [1.165, 1.54) is 4.90 Å². The van der Waals surface area contributed by atoms with Gasteiger partial charge in [0.2, 0.25) is 11.8 Å². The van der Waals surface area contributed by atoms with E-state index in [1.807, 2.05) is 5.43 Å². The van der Waals surface area contributed by atoms with Gasteiger partial charge in [-0.1, -0.05) is 0 Å². The van der Waals surface area contributed by atoms with Gasteiger partial charge < -0.3 is 4.74 Å². The highest BCUT2D eigenvalue weighted by molar-refractivity contribution is 6.01. The van der Waals surface area contributed by atoms with Gasteiger partial charge in [-0.05, 0) is 12.8 Å². The number of hydrazine groups is 1. The highest BCUT2D eigenvalue weighted by Crippen LogP contribution is 2.22. The zero-order valence-electron chi connectivity index (χ0n) is 9.35. The Morgan fingerprint density at radius 2 is 2.00 bits per heavy atom. The van der Waals surface area contributed by atoms with Crippen LogP contribution in [0.3, 0.4) is 0 Å². The second-order valence-corrected chi connectivity index (χ2v) is 4.23. The number of nitrogens with one attached hydrogen (secondary N) is 1. The number of imide groups is 1. The first kappa shape index (κ1) is 12.0. The van der Waals surface area contributed by atoms with E-state index in [0.29, 0.717) is 12.8 Å². The van der Waals surface area contributed by atoms with Gasteiger partial charge in [0.25, 0.3) is 5.91 Å². The van der Waals surface area contributed by atoms with Crippen molar-refractivity contribution in [1.82, 2.24) is 10.3 Å². The standard InChI is InChI=1S/C10H15N3O4/c11-12-10(16)7-2-1-6(17-7)5-13-8(14)3-4-9(13)15/h6-7H,1-5,11H2,(H,12,16). The molecule has 0 spiro atoms. The van der Waals surface area contributed by atoms with Crippen molar-refractivity contribution < 1.29 is 19.1 Å². The first-order chi connectivity index (χ1) is 8.11. The molecule has 2 fully saturated rings. The second-order valence-electron chi connectivity index (χ2n) is 4.23. The number of likely N-dealkylation sites (tertiary alicyclic amines) is 1. The minimum Gasteiger partial charge on any atom is -0.363 e. The van der Waals surface area contributed by atoms with Gasteiger partial charge >= 0.3 is 0 Å². The van der Waals surface area contributed by atoms with Crippen molar-refractivity contribution in [3.05, 3.63) is 0 Å². The van der Waals surface area contributed by atoms with Crippen molar-refractivity contribution in [2.24, 2.45) is 5.84 Å². The molecule has 2 heterocycles. The van der Waals surface area contributed by atoms with Crippen LogP contribution in [-0.2, 0) is 19.1 Å². The Hall–Kier alpha value is -1.47. The van der Waals surface area contributed by atoms with Crippen LogP contribution in [0.4, 0.5) is 0 Å². The Morgan fingerprint density at radius 1 is 1.35 bits per heavy atom. The molecule has 3 amide bonds.